The average Bonchev–Trinajstić information content (AvgIpc) is 2.44. The van der Waals surface area contributed by atoms with E-state index in [0.29, 0.717) is 25.6 Å². The largest absolute Gasteiger partial charge is 0.466 e. The number of hydrogen-bond donors (Lipinski definition) is 2. The Kier molecular flexibility index (Phi) is 13.9. The monoisotopic (exact) mass is 301 g/mol. The van der Waals surface area contributed by atoms with Crippen LogP contribution in [0.15, 0.2) is 0 Å². The topological polar surface area (TPSA) is 58.6 Å². The molecule has 2 N–H and O–H groups in total. The maximum atomic E-state index is 11.3. The van der Waals surface area contributed by atoms with Crippen molar-refractivity contribution in [3.05, 3.63) is 0 Å². The van der Waals surface area contributed by atoms with Crippen molar-refractivity contribution >= 4 is 5.97 Å². The zero-order valence-electron chi connectivity index (χ0n) is 14.2. The zero-order chi connectivity index (χ0) is 15.9. The van der Waals surface area contributed by atoms with Crippen LogP contribution in [0.2, 0.25) is 0 Å². The van der Waals surface area contributed by atoms with Gasteiger partial charge in [0.2, 0.25) is 0 Å². The molecule has 4 heteroatoms. The van der Waals surface area contributed by atoms with E-state index in [2.05, 4.69) is 12.2 Å². The molecule has 0 aliphatic rings. The van der Waals surface area contributed by atoms with Gasteiger partial charge < -0.3 is 15.2 Å². The van der Waals surface area contributed by atoms with Crippen molar-refractivity contribution in [1.82, 2.24) is 5.32 Å². The summed E-state index contributed by atoms with van der Waals surface area (Å²) in [6.07, 6.45) is 9.10. The lowest BCUT2D eigenvalue weighted by molar-refractivity contribution is -0.143. The molecule has 0 aromatic carbocycles. The molecular formula is C17H35NO3. The molecule has 0 fully saturated rings. The fraction of sp³-hybridized carbons (Fsp3) is 0.941. The van der Waals surface area contributed by atoms with Crippen molar-refractivity contribution in [2.45, 2.75) is 90.7 Å². The molecule has 0 amide bonds. The number of carbonyl (C=O) groups excluding carboxylic acids is 1. The lowest BCUT2D eigenvalue weighted by Gasteiger charge is -2.19. The van der Waals surface area contributed by atoms with E-state index >= 15 is 0 Å². The minimum atomic E-state index is -0.314. The van der Waals surface area contributed by atoms with Crippen LogP contribution in [0.1, 0.15) is 78.6 Å². The number of carbonyl (C=O) groups is 1. The van der Waals surface area contributed by atoms with Gasteiger partial charge >= 0.3 is 5.97 Å². The lowest BCUT2D eigenvalue weighted by atomic mass is 10.0. The van der Waals surface area contributed by atoms with E-state index in [1.807, 2.05) is 6.92 Å². The van der Waals surface area contributed by atoms with Gasteiger partial charge in [0.05, 0.1) is 12.7 Å². The Labute approximate surface area is 130 Å². The number of hydrogen-bond acceptors (Lipinski definition) is 4. The van der Waals surface area contributed by atoms with Crippen LogP contribution in [-0.2, 0) is 9.53 Å². The van der Waals surface area contributed by atoms with Gasteiger partial charge in [-0.1, -0.05) is 39.5 Å². The van der Waals surface area contributed by atoms with E-state index in [-0.39, 0.29) is 12.1 Å². The Balaban J connectivity index is 3.83. The van der Waals surface area contributed by atoms with Crippen LogP contribution in [-0.4, -0.2) is 36.4 Å². The quantitative estimate of drug-likeness (QED) is 0.381. The van der Waals surface area contributed by atoms with Crippen molar-refractivity contribution in [3.63, 3.8) is 0 Å². The minimum Gasteiger partial charge on any atom is -0.466 e. The molecule has 1 unspecified atom stereocenters. The van der Waals surface area contributed by atoms with Gasteiger partial charge in [0.15, 0.2) is 0 Å². The molecule has 126 valence electrons. The third-order valence-corrected chi connectivity index (χ3v) is 3.52. The lowest BCUT2D eigenvalue weighted by Crippen LogP contribution is -2.34. The molecule has 0 saturated carbocycles. The number of nitrogens with one attached hydrogen (secondary N) is 1. The molecule has 0 bridgehead atoms. The first kappa shape index (κ1) is 20.4. The minimum absolute atomic E-state index is 0.0889. The molecule has 0 radical (unpaired) electrons. The van der Waals surface area contributed by atoms with Gasteiger partial charge in [-0.25, -0.2) is 0 Å². The summed E-state index contributed by atoms with van der Waals surface area (Å²) in [6, 6.07) is 0.418. The summed E-state index contributed by atoms with van der Waals surface area (Å²) in [7, 11) is 0. The van der Waals surface area contributed by atoms with E-state index in [9.17, 15) is 9.90 Å². The summed E-state index contributed by atoms with van der Waals surface area (Å²) in [5.74, 6) is -0.0889. The van der Waals surface area contributed by atoms with Crippen LogP contribution in [0.25, 0.3) is 0 Å². The normalized spacial score (nSPS) is 13.9. The smallest absolute Gasteiger partial charge is 0.305 e. The Morgan fingerprint density at radius 3 is 2.43 bits per heavy atom. The van der Waals surface area contributed by atoms with E-state index in [4.69, 9.17) is 4.74 Å². The molecule has 0 spiro atoms. The predicted octanol–water partition coefficient (Wildman–Crippen LogP) is 3.42. The Morgan fingerprint density at radius 2 is 1.81 bits per heavy atom. The van der Waals surface area contributed by atoms with Gasteiger partial charge in [-0.05, 0) is 32.6 Å². The van der Waals surface area contributed by atoms with Crippen LogP contribution in [0.4, 0.5) is 0 Å². The number of aliphatic hydroxyl groups excluding tert-OH is 1. The first-order chi connectivity index (χ1) is 10.1. The molecule has 0 aliphatic heterocycles. The summed E-state index contributed by atoms with van der Waals surface area (Å²) in [5, 5.41) is 12.8. The molecule has 0 aromatic heterocycles. The van der Waals surface area contributed by atoms with Crippen molar-refractivity contribution in [2.24, 2.45) is 0 Å². The van der Waals surface area contributed by atoms with Gasteiger partial charge in [0, 0.05) is 19.0 Å². The van der Waals surface area contributed by atoms with E-state index in [0.717, 1.165) is 25.7 Å². The SMILES string of the molecule is CCCCCCC(CCCOC(=O)CCC)NC[C@H](C)O. The van der Waals surface area contributed by atoms with Gasteiger partial charge in [-0.3, -0.25) is 4.79 Å². The Hall–Kier alpha value is -0.610. The van der Waals surface area contributed by atoms with Crippen LogP contribution in [0.3, 0.4) is 0 Å². The number of ether oxygens (including phenoxy) is 1. The molecule has 21 heavy (non-hydrogen) atoms. The van der Waals surface area contributed by atoms with Crippen molar-refractivity contribution in [2.75, 3.05) is 13.2 Å². The highest BCUT2D eigenvalue weighted by Gasteiger charge is 2.10. The fourth-order valence-electron chi connectivity index (χ4n) is 2.30. The maximum Gasteiger partial charge on any atom is 0.305 e. The highest BCUT2D eigenvalue weighted by Crippen LogP contribution is 2.10. The number of unbranched alkanes of at least 4 members (excludes halogenated alkanes) is 3. The van der Waals surface area contributed by atoms with E-state index in [1.54, 1.807) is 6.92 Å². The van der Waals surface area contributed by atoms with Crippen molar-refractivity contribution in [1.29, 1.82) is 0 Å². The number of esters is 1. The van der Waals surface area contributed by atoms with Crippen molar-refractivity contribution < 1.29 is 14.6 Å². The second kappa shape index (κ2) is 14.3. The van der Waals surface area contributed by atoms with Gasteiger partial charge in [0.25, 0.3) is 0 Å². The van der Waals surface area contributed by atoms with Gasteiger partial charge in [-0.15, -0.1) is 0 Å². The molecule has 2 atom stereocenters. The Bertz CT molecular complexity index is 244. The highest BCUT2D eigenvalue weighted by molar-refractivity contribution is 5.69. The van der Waals surface area contributed by atoms with E-state index < -0.39 is 0 Å². The molecular weight excluding hydrogens is 266 g/mol. The summed E-state index contributed by atoms with van der Waals surface area (Å²) >= 11 is 0. The molecule has 4 nitrogen and oxygen atoms in total. The first-order valence-electron chi connectivity index (χ1n) is 8.67. The summed E-state index contributed by atoms with van der Waals surface area (Å²) in [4.78, 5) is 11.3. The van der Waals surface area contributed by atoms with Gasteiger partial charge in [0.1, 0.15) is 0 Å². The molecule has 0 aliphatic carbocycles. The first-order valence-corrected chi connectivity index (χ1v) is 8.67. The maximum absolute atomic E-state index is 11.3. The van der Waals surface area contributed by atoms with Crippen molar-refractivity contribution in [3.8, 4) is 0 Å². The Morgan fingerprint density at radius 1 is 1.10 bits per heavy atom. The second-order valence-corrected chi connectivity index (χ2v) is 5.92. The van der Waals surface area contributed by atoms with Crippen LogP contribution in [0, 0.1) is 0 Å². The molecule has 0 saturated heterocycles. The predicted molar refractivity (Wildman–Crippen MR) is 87.3 cm³/mol. The summed E-state index contributed by atoms with van der Waals surface area (Å²) in [5.41, 5.74) is 0. The average molecular weight is 301 g/mol. The summed E-state index contributed by atoms with van der Waals surface area (Å²) in [6.45, 7) is 7.14. The molecule has 0 heterocycles. The highest BCUT2D eigenvalue weighted by atomic mass is 16.5. The third kappa shape index (κ3) is 14.1. The summed E-state index contributed by atoms with van der Waals surface area (Å²) < 4.78 is 5.19. The molecule has 0 rings (SSSR count). The fourth-order valence-corrected chi connectivity index (χ4v) is 2.30. The van der Waals surface area contributed by atoms with Crippen LogP contribution in [0.5, 0.6) is 0 Å². The molecule has 0 aromatic rings. The van der Waals surface area contributed by atoms with E-state index in [1.165, 1.54) is 25.7 Å². The third-order valence-electron chi connectivity index (χ3n) is 3.52. The number of rotatable bonds is 14. The zero-order valence-corrected chi connectivity index (χ0v) is 14.2. The van der Waals surface area contributed by atoms with Crippen LogP contribution < -0.4 is 5.32 Å². The number of aliphatic hydroxyl groups is 1. The van der Waals surface area contributed by atoms with Gasteiger partial charge in [-0.2, -0.15) is 0 Å². The van der Waals surface area contributed by atoms with Crippen LogP contribution >= 0.6 is 0 Å². The second-order valence-electron chi connectivity index (χ2n) is 5.92. The standard InChI is InChI=1S/C17H35NO3/c1-4-6-7-8-11-16(18-14-15(3)19)12-9-13-21-17(20)10-5-2/h15-16,18-19H,4-14H2,1-3H3/t15-,16?/m0/s1.